The first kappa shape index (κ1) is 11.7. The third kappa shape index (κ3) is 2.65. The van der Waals surface area contributed by atoms with Crippen LogP contribution in [0.1, 0.15) is 29.9 Å². The van der Waals surface area contributed by atoms with Crippen molar-refractivity contribution in [3.63, 3.8) is 0 Å². The van der Waals surface area contributed by atoms with Crippen molar-refractivity contribution >= 4 is 0 Å². The summed E-state index contributed by atoms with van der Waals surface area (Å²) in [5.41, 5.74) is 2.69. The van der Waals surface area contributed by atoms with Gasteiger partial charge in [0.15, 0.2) is 0 Å². The molecule has 0 saturated heterocycles. The molecule has 0 aromatic heterocycles. The van der Waals surface area contributed by atoms with Gasteiger partial charge < -0.3 is 0 Å². The highest BCUT2D eigenvalue weighted by Crippen LogP contribution is 2.33. The molecule has 0 spiro atoms. The lowest BCUT2D eigenvalue weighted by Crippen LogP contribution is -2.05. The zero-order valence-corrected chi connectivity index (χ0v) is 10.2. The smallest absolute Gasteiger partial charge is 0.00814 e. The van der Waals surface area contributed by atoms with Gasteiger partial charge in [-0.05, 0) is 17.0 Å². The largest absolute Gasteiger partial charge is 0.102 e. The Balaban J connectivity index is 2.28. The lowest BCUT2D eigenvalue weighted by atomic mass is 9.83. The fourth-order valence-electron chi connectivity index (χ4n) is 2.27. The molecule has 0 saturated carbocycles. The molecule has 2 atom stereocenters. The van der Waals surface area contributed by atoms with Crippen LogP contribution in [0.5, 0.6) is 0 Å². The van der Waals surface area contributed by atoms with E-state index in [-0.39, 0.29) is 0 Å². The Morgan fingerprint density at radius 2 is 1.29 bits per heavy atom. The SMILES string of the molecule is C=CC(c1ccccc1)C(C)c1ccccc1. The highest BCUT2D eigenvalue weighted by atomic mass is 14.2. The normalized spacial score (nSPS) is 13.9. The summed E-state index contributed by atoms with van der Waals surface area (Å²) in [6.07, 6.45) is 2.05. The maximum Gasteiger partial charge on any atom is 0.00814 e. The topological polar surface area (TPSA) is 0 Å². The van der Waals surface area contributed by atoms with Gasteiger partial charge in [-0.25, -0.2) is 0 Å². The Morgan fingerprint density at radius 1 is 0.824 bits per heavy atom. The van der Waals surface area contributed by atoms with Crippen LogP contribution in [0.15, 0.2) is 73.3 Å². The van der Waals surface area contributed by atoms with Crippen LogP contribution < -0.4 is 0 Å². The molecule has 0 heterocycles. The number of benzene rings is 2. The highest BCUT2D eigenvalue weighted by Gasteiger charge is 2.17. The molecule has 0 aliphatic heterocycles. The first-order valence-electron chi connectivity index (χ1n) is 6.05. The van der Waals surface area contributed by atoms with Gasteiger partial charge in [-0.3, -0.25) is 0 Å². The summed E-state index contributed by atoms with van der Waals surface area (Å²) >= 11 is 0. The second-order valence-corrected chi connectivity index (χ2v) is 4.37. The van der Waals surface area contributed by atoms with Gasteiger partial charge in [-0.2, -0.15) is 0 Å². The van der Waals surface area contributed by atoms with Crippen LogP contribution in [-0.4, -0.2) is 0 Å². The van der Waals surface area contributed by atoms with Crippen molar-refractivity contribution < 1.29 is 0 Å². The Hall–Kier alpha value is -1.82. The number of hydrogen-bond donors (Lipinski definition) is 0. The molecule has 2 rings (SSSR count). The van der Waals surface area contributed by atoms with Crippen molar-refractivity contribution in [3.8, 4) is 0 Å². The lowest BCUT2D eigenvalue weighted by Gasteiger charge is -2.21. The predicted molar refractivity (Wildman–Crippen MR) is 74.2 cm³/mol. The summed E-state index contributed by atoms with van der Waals surface area (Å²) in [6.45, 7) is 6.24. The van der Waals surface area contributed by atoms with Crippen LogP contribution in [-0.2, 0) is 0 Å². The van der Waals surface area contributed by atoms with Gasteiger partial charge in [0, 0.05) is 5.92 Å². The lowest BCUT2D eigenvalue weighted by molar-refractivity contribution is 0.677. The van der Waals surface area contributed by atoms with Gasteiger partial charge in [0.2, 0.25) is 0 Å². The maximum atomic E-state index is 3.98. The van der Waals surface area contributed by atoms with Crippen molar-refractivity contribution in [1.29, 1.82) is 0 Å². The molecule has 17 heavy (non-hydrogen) atoms. The second-order valence-electron chi connectivity index (χ2n) is 4.37. The third-order valence-electron chi connectivity index (χ3n) is 3.30. The van der Waals surface area contributed by atoms with Crippen molar-refractivity contribution in [1.82, 2.24) is 0 Å². The van der Waals surface area contributed by atoms with Crippen molar-refractivity contribution in [2.45, 2.75) is 18.8 Å². The average Bonchev–Trinajstić information content (AvgIpc) is 2.42. The average molecular weight is 222 g/mol. The minimum atomic E-state index is 0.374. The van der Waals surface area contributed by atoms with Crippen LogP contribution in [0.25, 0.3) is 0 Å². The number of hydrogen-bond acceptors (Lipinski definition) is 0. The van der Waals surface area contributed by atoms with Crippen LogP contribution in [0.4, 0.5) is 0 Å². The van der Waals surface area contributed by atoms with Crippen molar-refractivity contribution in [3.05, 3.63) is 84.4 Å². The van der Waals surface area contributed by atoms with Gasteiger partial charge in [0.05, 0.1) is 0 Å². The molecule has 0 bridgehead atoms. The van der Waals surface area contributed by atoms with E-state index in [1.807, 2.05) is 6.08 Å². The molecule has 86 valence electrons. The molecule has 0 N–H and O–H groups in total. The number of rotatable bonds is 4. The molecule has 0 amide bonds. The van der Waals surface area contributed by atoms with E-state index in [2.05, 4.69) is 74.2 Å². The van der Waals surface area contributed by atoms with Gasteiger partial charge in [-0.1, -0.05) is 73.7 Å². The van der Waals surface area contributed by atoms with Crippen LogP contribution in [0.2, 0.25) is 0 Å². The minimum absolute atomic E-state index is 0.374. The first-order chi connectivity index (χ1) is 8.33. The Morgan fingerprint density at radius 3 is 1.76 bits per heavy atom. The molecule has 0 aliphatic rings. The van der Waals surface area contributed by atoms with E-state index in [0.29, 0.717) is 11.8 Å². The van der Waals surface area contributed by atoms with E-state index in [0.717, 1.165) is 0 Å². The fourth-order valence-corrected chi connectivity index (χ4v) is 2.27. The van der Waals surface area contributed by atoms with Gasteiger partial charge in [0.1, 0.15) is 0 Å². The molecule has 0 fully saturated rings. The summed E-state index contributed by atoms with van der Waals surface area (Å²) in [4.78, 5) is 0. The Kier molecular flexibility index (Phi) is 3.77. The van der Waals surface area contributed by atoms with E-state index < -0.39 is 0 Å². The quantitative estimate of drug-likeness (QED) is 0.654. The third-order valence-corrected chi connectivity index (χ3v) is 3.30. The van der Waals surface area contributed by atoms with E-state index in [9.17, 15) is 0 Å². The Labute approximate surface area is 104 Å². The molecule has 0 heteroatoms. The molecular formula is C17H18. The molecular weight excluding hydrogens is 204 g/mol. The highest BCUT2D eigenvalue weighted by molar-refractivity contribution is 5.30. The van der Waals surface area contributed by atoms with E-state index in [1.165, 1.54) is 11.1 Å². The van der Waals surface area contributed by atoms with Gasteiger partial charge in [0.25, 0.3) is 0 Å². The van der Waals surface area contributed by atoms with E-state index >= 15 is 0 Å². The van der Waals surface area contributed by atoms with Gasteiger partial charge in [-0.15, -0.1) is 6.58 Å². The number of allylic oxidation sites excluding steroid dienone is 1. The summed E-state index contributed by atoms with van der Waals surface area (Å²) in [5, 5.41) is 0. The van der Waals surface area contributed by atoms with Crippen LogP contribution in [0.3, 0.4) is 0 Å². The Bertz CT molecular complexity index is 456. The minimum Gasteiger partial charge on any atom is -0.102 e. The summed E-state index contributed by atoms with van der Waals surface area (Å²) < 4.78 is 0. The van der Waals surface area contributed by atoms with Crippen LogP contribution >= 0.6 is 0 Å². The monoisotopic (exact) mass is 222 g/mol. The van der Waals surface area contributed by atoms with E-state index in [4.69, 9.17) is 0 Å². The zero-order chi connectivity index (χ0) is 12.1. The zero-order valence-electron chi connectivity index (χ0n) is 10.2. The molecule has 2 aromatic carbocycles. The summed E-state index contributed by atoms with van der Waals surface area (Å²) in [5.74, 6) is 0.828. The van der Waals surface area contributed by atoms with E-state index in [1.54, 1.807) is 0 Å². The predicted octanol–water partition coefficient (Wildman–Crippen LogP) is 4.76. The molecule has 0 aliphatic carbocycles. The molecule has 0 nitrogen and oxygen atoms in total. The van der Waals surface area contributed by atoms with Gasteiger partial charge >= 0.3 is 0 Å². The van der Waals surface area contributed by atoms with Crippen LogP contribution in [0, 0.1) is 0 Å². The molecule has 0 radical (unpaired) electrons. The second kappa shape index (κ2) is 5.49. The first-order valence-corrected chi connectivity index (χ1v) is 6.05. The molecule has 2 aromatic rings. The van der Waals surface area contributed by atoms with Crippen molar-refractivity contribution in [2.75, 3.05) is 0 Å². The fraction of sp³-hybridized carbons (Fsp3) is 0.176. The maximum absolute atomic E-state index is 3.98. The van der Waals surface area contributed by atoms with Crippen molar-refractivity contribution in [2.24, 2.45) is 0 Å². The summed E-state index contributed by atoms with van der Waals surface area (Å²) in [7, 11) is 0. The summed E-state index contributed by atoms with van der Waals surface area (Å²) in [6, 6.07) is 21.2. The molecule has 2 unspecified atom stereocenters. The standard InChI is InChI=1S/C17H18/c1-3-17(16-12-8-5-9-13-16)14(2)15-10-6-4-7-11-15/h3-14,17H,1H2,2H3.